The summed E-state index contributed by atoms with van der Waals surface area (Å²) < 4.78 is 16.7. The Morgan fingerprint density at radius 2 is 1.54 bits per heavy atom. The maximum atomic E-state index is 5.88. The first-order chi connectivity index (χ1) is 11.7. The average molecular weight is 329 g/mol. The topological polar surface area (TPSA) is 39.7 Å². The van der Waals surface area contributed by atoms with Gasteiger partial charge in [0.1, 0.15) is 23.4 Å². The number of anilines is 1. The lowest BCUT2D eigenvalue weighted by Crippen LogP contribution is -2.22. The molecule has 0 radical (unpaired) electrons. The zero-order valence-electron chi connectivity index (χ0n) is 14.7. The lowest BCUT2D eigenvalue weighted by atomic mass is 10.3. The molecule has 1 atom stereocenters. The normalized spacial score (nSPS) is 11.6. The van der Waals surface area contributed by atoms with Gasteiger partial charge in [-0.15, -0.1) is 0 Å². The summed E-state index contributed by atoms with van der Waals surface area (Å²) in [6, 6.07) is 15.7. The molecule has 2 rings (SSSR count). The Morgan fingerprint density at radius 3 is 2.17 bits per heavy atom. The zero-order valence-corrected chi connectivity index (χ0v) is 14.7. The van der Waals surface area contributed by atoms with Crippen molar-refractivity contribution in [2.75, 3.05) is 25.6 Å². The van der Waals surface area contributed by atoms with Gasteiger partial charge in [-0.1, -0.05) is 13.3 Å². The van der Waals surface area contributed by atoms with Crippen LogP contribution in [-0.4, -0.2) is 26.4 Å². The van der Waals surface area contributed by atoms with E-state index < -0.39 is 0 Å². The van der Waals surface area contributed by atoms with E-state index in [0.29, 0.717) is 0 Å². The molecule has 0 saturated heterocycles. The highest BCUT2D eigenvalue weighted by Gasteiger charge is 2.04. The van der Waals surface area contributed by atoms with Gasteiger partial charge in [-0.05, 0) is 61.9 Å². The maximum absolute atomic E-state index is 5.88. The van der Waals surface area contributed by atoms with Crippen molar-refractivity contribution < 1.29 is 14.2 Å². The fraction of sp³-hybridized carbons (Fsp3) is 0.400. The van der Waals surface area contributed by atoms with Gasteiger partial charge in [0.15, 0.2) is 0 Å². The molecule has 4 heteroatoms. The molecule has 0 aliphatic carbocycles. The summed E-state index contributed by atoms with van der Waals surface area (Å²) in [6.45, 7) is 5.70. The van der Waals surface area contributed by atoms with Crippen molar-refractivity contribution in [1.29, 1.82) is 0 Å². The molecule has 0 aliphatic rings. The lowest BCUT2D eigenvalue weighted by Gasteiger charge is -2.16. The molecule has 130 valence electrons. The summed E-state index contributed by atoms with van der Waals surface area (Å²) in [6.07, 6.45) is 2.28. The van der Waals surface area contributed by atoms with E-state index in [-0.39, 0.29) is 6.10 Å². The SMILES string of the molecule is CCCCOc1ccc(NCC(C)Oc2ccc(OC)cc2)cc1. The van der Waals surface area contributed by atoms with Crippen molar-refractivity contribution in [1.82, 2.24) is 0 Å². The van der Waals surface area contributed by atoms with Gasteiger partial charge in [-0.3, -0.25) is 0 Å². The minimum absolute atomic E-state index is 0.0545. The van der Waals surface area contributed by atoms with Crippen LogP contribution in [-0.2, 0) is 0 Å². The van der Waals surface area contributed by atoms with E-state index in [1.54, 1.807) is 7.11 Å². The molecular formula is C20H27NO3. The van der Waals surface area contributed by atoms with E-state index in [0.717, 1.165) is 48.9 Å². The predicted octanol–water partition coefficient (Wildman–Crippen LogP) is 4.75. The molecule has 0 fully saturated rings. The van der Waals surface area contributed by atoms with E-state index >= 15 is 0 Å². The Kier molecular flexibility index (Phi) is 7.27. The molecular weight excluding hydrogens is 302 g/mol. The summed E-state index contributed by atoms with van der Waals surface area (Å²) in [5, 5.41) is 3.38. The molecule has 0 saturated carbocycles. The quantitative estimate of drug-likeness (QED) is 0.638. The molecule has 0 bridgehead atoms. The fourth-order valence-electron chi connectivity index (χ4n) is 2.19. The number of methoxy groups -OCH3 is 1. The molecule has 2 aromatic carbocycles. The molecule has 0 heterocycles. The number of hydrogen-bond donors (Lipinski definition) is 1. The Bertz CT molecular complexity index is 581. The van der Waals surface area contributed by atoms with E-state index in [1.165, 1.54) is 0 Å². The molecule has 24 heavy (non-hydrogen) atoms. The van der Waals surface area contributed by atoms with Crippen molar-refractivity contribution in [3.8, 4) is 17.2 Å². The number of benzene rings is 2. The van der Waals surface area contributed by atoms with Gasteiger partial charge >= 0.3 is 0 Å². The largest absolute Gasteiger partial charge is 0.497 e. The zero-order chi connectivity index (χ0) is 17.2. The van der Waals surface area contributed by atoms with Crippen LogP contribution in [0.2, 0.25) is 0 Å². The van der Waals surface area contributed by atoms with E-state index in [4.69, 9.17) is 14.2 Å². The van der Waals surface area contributed by atoms with Gasteiger partial charge in [0.2, 0.25) is 0 Å². The minimum Gasteiger partial charge on any atom is -0.497 e. The Hall–Kier alpha value is -2.36. The summed E-state index contributed by atoms with van der Waals surface area (Å²) in [7, 11) is 1.66. The molecule has 0 spiro atoms. The Morgan fingerprint density at radius 1 is 0.917 bits per heavy atom. The second kappa shape index (κ2) is 9.71. The summed E-state index contributed by atoms with van der Waals surface area (Å²) in [5.74, 6) is 2.58. The molecule has 0 amide bonds. The molecule has 0 aromatic heterocycles. The van der Waals surface area contributed by atoms with Crippen molar-refractivity contribution in [2.24, 2.45) is 0 Å². The monoisotopic (exact) mass is 329 g/mol. The van der Waals surface area contributed by atoms with Crippen LogP contribution in [0.3, 0.4) is 0 Å². The van der Waals surface area contributed by atoms with E-state index in [2.05, 4.69) is 12.2 Å². The fourth-order valence-corrected chi connectivity index (χ4v) is 2.19. The number of rotatable bonds is 10. The molecule has 0 aliphatic heterocycles. The first-order valence-electron chi connectivity index (χ1n) is 8.48. The summed E-state index contributed by atoms with van der Waals surface area (Å²) in [4.78, 5) is 0. The van der Waals surface area contributed by atoms with Gasteiger partial charge in [-0.2, -0.15) is 0 Å². The van der Waals surface area contributed by atoms with Crippen molar-refractivity contribution in [3.63, 3.8) is 0 Å². The van der Waals surface area contributed by atoms with Crippen LogP contribution in [0.4, 0.5) is 5.69 Å². The van der Waals surface area contributed by atoms with Crippen molar-refractivity contribution >= 4 is 5.69 Å². The highest BCUT2D eigenvalue weighted by atomic mass is 16.5. The van der Waals surface area contributed by atoms with Crippen molar-refractivity contribution in [2.45, 2.75) is 32.8 Å². The van der Waals surface area contributed by atoms with E-state index in [9.17, 15) is 0 Å². The highest BCUT2D eigenvalue weighted by Crippen LogP contribution is 2.19. The third-order valence-corrected chi connectivity index (χ3v) is 3.61. The van der Waals surface area contributed by atoms with Gasteiger partial charge in [0.05, 0.1) is 20.3 Å². The Balaban J connectivity index is 1.75. The molecule has 4 nitrogen and oxygen atoms in total. The minimum atomic E-state index is 0.0545. The second-order valence-corrected chi connectivity index (χ2v) is 5.71. The standard InChI is InChI=1S/C20H27NO3/c1-4-5-14-23-19-8-6-17(7-9-19)21-15-16(2)24-20-12-10-18(22-3)11-13-20/h6-13,16,21H,4-5,14-15H2,1-3H3. The van der Waals surface area contributed by atoms with E-state index in [1.807, 2.05) is 55.5 Å². The first-order valence-corrected chi connectivity index (χ1v) is 8.48. The number of ether oxygens (including phenoxy) is 3. The van der Waals surface area contributed by atoms with Crippen molar-refractivity contribution in [3.05, 3.63) is 48.5 Å². The number of hydrogen-bond acceptors (Lipinski definition) is 4. The van der Waals surface area contributed by atoms with Gasteiger partial charge < -0.3 is 19.5 Å². The highest BCUT2D eigenvalue weighted by molar-refractivity contribution is 5.46. The maximum Gasteiger partial charge on any atom is 0.120 e. The van der Waals surface area contributed by atoms with Crippen LogP contribution >= 0.6 is 0 Å². The van der Waals surface area contributed by atoms with Crippen LogP contribution in [0, 0.1) is 0 Å². The number of unbranched alkanes of at least 4 members (excludes halogenated alkanes) is 1. The third-order valence-electron chi connectivity index (χ3n) is 3.61. The molecule has 2 aromatic rings. The van der Waals surface area contributed by atoms with Gasteiger partial charge in [-0.25, -0.2) is 0 Å². The molecule has 1 unspecified atom stereocenters. The first kappa shape index (κ1) is 18.0. The molecule has 1 N–H and O–H groups in total. The summed E-state index contributed by atoms with van der Waals surface area (Å²) >= 11 is 0. The average Bonchev–Trinajstić information content (AvgIpc) is 2.62. The predicted molar refractivity (Wildman–Crippen MR) is 98.4 cm³/mol. The van der Waals surface area contributed by atoms with Crippen LogP contribution < -0.4 is 19.5 Å². The summed E-state index contributed by atoms with van der Waals surface area (Å²) in [5.41, 5.74) is 1.06. The second-order valence-electron chi connectivity index (χ2n) is 5.71. The van der Waals surface area contributed by atoms with Crippen LogP contribution in [0.5, 0.6) is 17.2 Å². The van der Waals surface area contributed by atoms with Crippen LogP contribution in [0.1, 0.15) is 26.7 Å². The number of nitrogens with one attached hydrogen (secondary N) is 1. The Labute approximate surface area is 144 Å². The van der Waals surface area contributed by atoms with Crippen LogP contribution in [0.25, 0.3) is 0 Å². The van der Waals surface area contributed by atoms with Crippen LogP contribution in [0.15, 0.2) is 48.5 Å². The third kappa shape index (κ3) is 6.03. The van der Waals surface area contributed by atoms with Gasteiger partial charge in [0.25, 0.3) is 0 Å². The smallest absolute Gasteiger partial charge is 0.120 e. The van der Waals surface area contributed by atoms with Gasteiger partial charge in [0, 0.05) is 5.69 Å². The lowest BCUT2D eigenvalue weighted by molar-refractivity contribution is 0.234.